The minimum Gasteiger partial charge on any atom is -0.467 e. The number of aryl methyl sites for hydroxylation is 1. The van der Waals surface area contributed by atoms with Gasteiger partial charge in [-0.2, -0.15) is 10.2 Å². The molecule has 0 aliphatic heterocycles. The van der Waals surface area contributed by atoms with Crippen molar-refractivity contribution in [2.75, 3.05) is 5.32 Å². The number of nitrogens with one attached hydrogen (secondary N) is 3. The van der Waals surface area contributed by atoms with Gasteiger partial charge in [-0.25, -0.2) is 0 Å². The van der Waals surface area contributed by atoms with Crippen molar-refractivity contribution < 1.29 is 14.0 Å². The second-order valence-corrected chi connectivity index (χ2v) is 5.46. The molecule has 0 atom stereocenters. The predicted octanol–water partition coefficient (Wildman–Crippen LogP) is 2.05. The van der Waals surface area contributed by atoms with Crippen molar-refractivity contribution in [1.29, 1.82) is 0 Å². The van der Waals surface area contributed by atoms with Crippen LogP contribution in [0.3, 0.4) is 0 Å². The van der Waals surface area contributed by atoms with E-state index in [2.05, 4.69) is 25.9 Å². The molecule has 0 unspecified atom stereocenters. The highest BCUT2D eigenvalue weighted by Gasteiger charge is 2.21. The first kappa shape index (κ1) is 16.8. The van der Waals surface area contributed by atoms with Crippen LogP contribution in [0, 0.1) is 0 Å². The maximum Gasteiger partial charge on any atom is 0.275 e. The van der Waals surface area contributed by atoms with Gasteiger partial charge in [0.15, 0.2) is 5.69 Å². The standard InChI is InChI=1S/C15H15ClN6O3/c1-2-22-8-11(19-15(24)12-10(16)7-18-20-12)13(21-22)14(23)17-6-9-4-3-5-25-9/h3-5,7-8H,2,6H2,1H3,(H,17,23)(H,18,20)(H,19,24). The molecule has 3 heterocycles. The van der Waals surface area contributed by atoms with E-state index >= 15 is 0 Å². The van der Waals surface area contributed by atoms with Crippen LogP contribution in [0.1, 0.15) is 33.7 Å². The molecule has 10 heteroatoms. The van der Waals surface area contributed by atoms with Gasteiger partial charge in [-0.3, -0.25) is 19.4 Å². The Kier molecular flexibility index (Phi) is 4.85. The van der Waals surface area contributed by atoms with E-state index < -0.39 is 11.8 Å². The van der Waals surface area contributed by atoms with Gasteiger partial charge in [0.25, 0.3) is 11.8 Å². The van der Waals surface area contributed by atoms with Gasteiger partial charge >= 0.3 is 0 Å². The number of rotatable bonds is 6. The number of amides is 2. The first-order valence-electron chi connectivity index (χ1n) is 7.46. The maximum absolute atomic E-state index is 12.4. The second-order valence-electron chi connectivity index (χ2n) is 5.06. The molecular formula is C15H15ClN6O3. The van der Waals surface area contributed by atoms with Gasteiger partial charge in [0, 0.05) is 12.7 Å². The number of aromatic amines is 1. The van der Waals surface area contributed by atoms with Crippen LogP contribution in [0.15, 0.2) is 35.2 Å². The highest BCUT2D eigenvalue weighted by atomic mass is 35.5. The molecule has 0 bridgehead atoms. The molecule has 0 radical (unpaired) electrons. The topological polar surface area (TPSA) is 118 Å². The average Bonchev–Trinajstić information content (AvgIpc) is 3.33. The van der Waals surface area contributed by atoms with Gasteiger partial charge in [0.2, 0.25) is 0 Å². The van der Waals surface area contributed by atoms with E-state index in [0.29, 0.717) is 12.3 Å². The number of furan rings is 1. The van der Waals surface area contributed by atoms with Crippen molar-refractivity contribution >= 4 is 29.1 Å². The van der Waals surface area contributed by atoms with E-state index in [1.165, 1.54) is 12.5 Å². The van der Waals surface area contributed by atoms with Crippen LogP contribution < -0.4 is 10.6 Å². The summed E-state index contributed by atoms with van der Waals surface area (Å²) in [6.07, 6.45) is 4.42. The van der Waals surface area contributed by atoms with E-state index in [0.717, 1.165) is 0 Å². The molecule has 3 aromatic rings. The first-order chi connectivity index (χ1) is 12.1. The fourth-order valence-electron chi connectivity index (χ4n) is 2.12. The summed E-state index contributed by atoms with van der Waals surface area (Å²) in [6.45, 7) is 2.62. The molecule has 0 spiro atoms. The Labute approximate surface area is 147 Å². The van der Waals surface area contributed by atoms with Crippen LogP contribution in [-0.4, -0.2) is 31.8 Å². The van der Waals surface area contributed by atoms with E-state index in [9.17, 15) is 9.59 Å². The van der Waals surface area contributed by atoms with E-state index in [1.807, 2.05) is 6.92 Å². The van der Waals surface area contributed by atoms with Crippen LogP contribution in [0.4, 0.5) is 5.69 Å². The van der Waals surface area contributed by atoms with Gasteiger partial charge in [0.05, 0.1) is 29.7 Å². The number of nitrogens with zero attached hydrogens (tertiary/aromatic N) is 3. The smallest absolute Gasteiger partial charge is 0.275 e. The van der Waals surface area contributed by atoms with Gasteiger partial charge in [-0.1, -0.05) is 11.6 Å². The van der Waals surface area contributed by atoms with Crippen LogP contribution in [0.25, 0.3) is 0 Å². The van der Waals surface area contributed by atoms with Gasteiger partial charge < -0.3 is 15.1 Å². The van der Waals surface area contributed by atoms with Crippen LogP contribution in [0.5, 0.6) is 0 Å². The Morgan fingerprint density at radius 3 is 2.88 bits per heavy atom. The number of halogens is 1. The third kappa shape index (κ3) is 3.72. The maximum atomic E-state index is 12.4. The number of hydrogen-bond acceptors (Lipinski definition) is 5. The monoisotopic (exact) mass is 362 g/mol. The lowest BCUT2D eigenvalue weighted by Gasteiger charge is -2.05. The van der Waals surface area contributed by atoms with Crippen LogP contribution >= 0.6 is 11.6 Å². The van der Waals surface area contributed by atoms with Crippen molar-refractivity contribution in [3.63, 3.8) is 0 Å². The lowest BCUT2D eigenvalue weighted by molar-refractivity contribution is 0.0943. The number of anilines is 1. The molecule has 3 aromatic heterocycles. The summed E-state index contributed by atoms with van der Waals surface area (Å²) < 4.78 is 6.71. The Morgan fingerprint density at radius 2 is 2.24 bits per heavy atom. The normalized spacial score (nSPS) is 10.6. The summed E-state index contributed by atoms with van der Waals surface area (Å²) in [4.78, 5) is 24.7. The molecule has 0 aliphatic rings. The third-order valence-electron chi connectivity index (χ3n) is 3.37. The Morgan fingerprint density at radius 1 is 1.40 bits per heavy atom. The molecule has 25 heavy (non-hydrogen) atoms. The lowest BCUT2D eigenvalue weighted by atomic mass is 10.3. The summed E-state index contributed by atoms with van der Waals surface area (Å²) >= 11 is 5.88. The zero-order valence-electron chi connectivity index (χ0n) is 13.2. The summed E-state index contributed by atoms with van der Waals surface area (Å²) in [5.41, 5.74) is 0.472. The van der Waals surface area contributed by atoms with E-state index in [1.54, 1.807) is 23.0 Å². The zero-order valence-corrected chi connectivity index (χ0v) is 14.0. The molecule has 9 nitrogen and oxygen atoms in total. The Bertz CT molecular complexity index is 883. The minimum absolute atomic E-state index is 0.0948. The molecule has 3 N–H and O–H groups in total. The molecular weight excluding hydrogens is 348 g/mol. The largest absolute Gasteiger partial charge is 0.467 e. The molecule has 0 saturated carbocycles. The second kappa shape index (κ2) is 7.22. The average molecular weight is 363 g/mol. The van der Waals surface area contributed by atoms with E-state index in [-0.39, 0.29) is 28.6 Å². The summed E-state index contributed by atoms with van der Waals surface area (Å²) in [7, 11) is 0. The SMILES string of the molecule is CCn1cc(NC(=O)c2[nH]ncc2Cl)c(C(=O)NCc2ccco2)n1. The fraction of sp³-hybridized carbons (Fsp3) is 0.200. The number of aromatic nitrogens is 4. The zero-order chi connectivity index (χ0) is 17.8. The van der Waals surface area contributed by atoms with Crippen molar-refractivity contribution in [3.05, 3.63) is 53.0 Å². The van der Waals surface area contributed by atoms with Crippen molar-refractivity contribution in [2.24, 2.45) is 0 Å². The summed E-state index contributed by atoms with van der Waals surface area (Å²) in [5, 5.41) is 15.9. The van der Waals surface area contributed by atoms with Crippen LogP contribution in [0.2, 0.25) is 5.02 Å². The summed E-state index contributed by atoms with van der Waals surface area (Å²) in [5.74, 6) is -0.342. The highest BCUT2D eigenvalue weighted by Crippen LogP contribution is 2.18. The number of H-pyrrole nitrogens is 1. The van der Waals surface area contributed by atoms with Gasteiger partial charge in [-0.15, -0.1) is 0 Å². The fourth-order valence-corrected chi connectivity index (χ4v) is 2.30. The predicted molar refractivity (Wildman–Crippen MR) is 89.3 cm³/mol. The molecule has 2 amide bonds. The van der Waals surface area contributed by atoms with Gasteiger partial charge in [-0.05, 0) is 19.1 Å². The van der Waals surface area contributed by atoms with Crippen molar-refractivity contribution in [1.82, 2.24) is 25.3 Å². The molecule has 0 saturated heterocycles. The first-order valence-corrected chi connectivity index (χ1v) is 7.84. The number of carbonyl (C=O) groups is 2. The van der Waals surface area contributed by atoms with Crippen molar-refractivity contribution in [3.8, 4) is 0 Å². The molecule has 0 aromatic carbocycles. The minimum atomic E-state index is -0.516. The van der Waals surface area contributed by atoms with Crippen molar-refractivity contribution in [2.45, 2.75) is 20.0 Å². The molecule has 0 fully saturated rings. The Hall–Kier alpha value is -3.07. The van der Waals surface area contributed by atoms with E-state index in [4.69, 9.17) is 16.0 Å². The highest BCUT2D eigenvalue weighted by molar-refractivity contribution is 6.34. The summed E-state index contributed by atoms with van der Waals surface area (Å²) in [6, 6.07) is 3.47. The number of hydrogen-bond donors (Lipinski definition) is 3. The Balaban J connectivity index is 1.77. The lowest BCUT2D eigenvalue weighted by Crippen LogP contribution is -2.25. The molecule has 0 aliphatic carbocycles. The molecule has 130 valence electrons. The third-order valence-corrected chi connectivity index (χ3v) is 3.66. The van der Waals surface area contributed by atoms with Crippen LogP contribution in [-0.2, 0) is 13.1 Å². The molecule has 3 rings (SSSR count). The number of carbonyl (C=O) groups excluding carboxylic acids is 2. The quantitative estimate of drug-likeness (QED) is 0.620. The van der Waals surface area contributed by atoms with Gasteiger partial charge in [0.1, 0.15) is 11.5 Å².